The number of pyridine rings is 1. The Bertz CT molecular complexity index is 317. The molecule has 76 valence electrons. The van der Waals surface area contributed by atoms with Gasteiger partial charge >= 0.3 is 0 Å². The van der Waals surface area contributed by atoms with Crippen molar-refractivity contribution >= 4 is 5.82 Å². The lowest BCUT2D eigenvalue weighted by Gasteiger charge is -2.16. The second kappa shape index (κ2) is 3.94. The fraction of sp³-hybridized carbons (Fsp3) is 0.500. The molecule has 0 radical (unpaired) electrons. The molecule has 0 amide bonds. The molecule has 0 spiro atoms. The third kappa shape index (κ3) is 1.86. The van der Waals surface area contributed by atoms with Crippen LogP contribution in [-0.4, -0.2) is 34.4 Å². The van der Waals surface area contributed by atoms with Crippen LogP contribution in [0.25, 0.3) is 0 Å². The van der Waals surface area contributed by atoms with E-state index in [2.05, 4.69) is 4.98 Å². The van der Waals surface area contributed by atoms with Gasteiger partial charge in [-0.1, -0.05) is 0 Å². The minimum absolute atomic E-state index is 0.0336. The van der Waals surface area contributed by atoms with E-state index in [1.54, 1.807) is 12.3 Å². The maximum Gasteiger partial charge on any atom is 0.128 e. The maximum atomic E-state index is 9.37. The molecule has 1 atom stereocenters. The van der Waals surface area contributed by atoms with Crippen molar-refractivity contribution in [1.29, 1.82) is 0 Å². The Balaban J connectivity index is 2.15. The Morgan fingerprint density at radius 2 is 2.43 bits per heavy atom. The predicted molar refractivity (Wildman–Crippen MR) is 53.0 cm³/mol. The first kappa shape index (κ1) is 9.43. The first-order chi connectivity index (χ1) is 6.79. The number of nitrogens with zero attached hydrogens (tertiary/aromatic N) is 2. The topological polar surface area (TPSA) is 56.6 Å². The molecule has 4 nitrogen and oxygen atoms in total. The summed E-state index contributed by atoms with van der Waals surface area (Å²) < 4.78 is 0. The van der Waals surface area contributed by atoms with Gasteiger partial charge in [0.25, 0.3) is 0 Å². The third-order valence-corrected chi connectivity index (χ3v) is 2.48. The van der Waals surface area contributed by atoms with Gasteiger partial charge in [0, 0.05) is 19.3 Å². The predicted octanol–water partition coefficient (Wildman–Crippen LogP) is 0.145. The summed E-state index contributed by atoms with van der Waals surface area (Å²) in [5.74, 6) is 0.841. The summed E-state index contributed by atoms with van der Waals surface area (Å²) >= 11 is 0. The first-order valence-corrected chi connectivity index (χ1v) is 4.78. The lowest BCUT2D eigenvalue weighted by molar-refractivity contribution is 0.198. The summed E-state index contributed by atoms with van der Waals surface area (Å²) in [7, 11) is 0. The van der Waals surface area contributed by atoms with Crippen LogP contribution in [0, 0.1) is 0 Å². The van der Waals surface area contributed by atoms with E-state index in [1.165, 1.54) is 0 Å². The quantitative estimate of drug-likeness (QED) is 0.703. The van der Waals surface area contributed by atoms with E-state index in [4.69, 9.17) is 5.11 Å². The molecule has 4 heteroatoms. The normalized spacial score (nSPS) is 21.6. The van der Waals surface area contributed by atoms with Crippen LogP contribution in [0.2, 0.25) is 0 Å². The van der Waals surface area contributed by atoms with Crippen molar-refractivity contribution in [3.8, 4) is 0 Å². The van der Waals surface area contributed by atoms with E-state index in [9.17, 15) is 5.11 Å². The second-order valence-electron chi connectivity index (χ2n) is 3.57. The summed E-state index contributed by atoms with van der Waals surface area (Å²) in [6.07, 6.45) is 2.24. The molecule has 1 fully saturated rings. The van der Waals surface area contributed by atoms with Crippen LogP contribution in [0.1, 0.15) is 12.0 Å². The molecule has 1 saturated heterocycles. The molecule has 0 bridgehead atoms. The van der Waals surface area contributed by atoms with Crippen LogP contribution in [-0.2, 0) is 6.61 Å². The molecule has 1 unspecified atom stereocenters. The van der Waals surface area contributed by atoms with E-state index < -0.39 is 0 Å². The molecular formula is C10H14N2O2. The van der Waals surface area contributed by atoms with Crippen molar-refractivity contribution < 1.29 is 10.2 Å². The smallest absolute Gasteiger partial charge is 0.128 e. The molecule has 2 N–H and O–H groups in total. The number of hydrogen-bond acceptors (Lipinski definition) is 4. The molecule has 14 heavy (non-hydrogen) atoms. The van der Waals surface area contributed by atoms with Gasteiger partial charge in [0.1, 0.15) is 5.82 Å². The molecule has 0 aliphatic carbocycles. The van der Waals surface area contributed by atoms with Crippen LogP contribution in [0.15, 0.2) is 18.3 Å². The number of anilines is 1. The van der Waals surface area contributed by atoms with Crippen LogP contribution >= 0.6 is 0 Å². The van der Waals surface area contributed by atoms with Gasteiger partial charge in [-0.25, -0.2) is 4.98 Å². The zero-order valence-corrected chi connectivity index (χ0v) is 7.93. The monoisotopic (exact) mass is 194 g/mol. The van der Waals surface area contributed by atoms with Crippen molar-refractivity contribution in [2.24, 2.45) is 0 Å². The maximum absolute atomic E-state index is 9.37. The third-order valence-electron chi connectivity index (χ3n) is 2.48. The fourth-order valence-corrected chi connectivity index (χ4v) is 1.68. The summed E-state index contributed by atoms with van der Waals surface area (Å²) in [5.41, 5.74) is 0.858. The largest absolute Gasteiger partial charge is 0.392 e. The van der Waals surface area contributed by atoms with Crippen LogP contribution in [0.5, 0.6) is 0 Å². The first-order valence-electron chi connectivity index (χ1n) is 4.78. The van der Waals surface area contributed by atoms with Crippen molar-refractivity contribution in [3.63, 3.8) is 0 Å². The average molecular weight is 194 g/mol. The average Bonchev–Trinajstić information content (AvgIpc) is 2.65. The number of aliphatic hydroxyl groups is 2. The van der Waals surface area contributed by atoms with Crippen LogP contribution in [0.4, 0.5) is 5.82 Å². The highest BCUT2D eigenvalue weighted by Gasteiger charge is 2.21. The van der Waals surface area contributed by atoms with Gasteiger partial charge in [0.2, 0.25) is 0 Å². The van der Waals surface area contributed by atoms with Gasteiger partial charge in [0.05, 0.1) is 12.7 Å². The number of rotatable bonds is 2. The van der Waals surface area contributed by atoms with Crippen LogP contribution < -0.4 is 4.90 Å². The lowest BCUT2D eigenvalue weighted by Crippen LogP contribution is -2.22. The standard InChI is InChI=1S/C10H14N2O2/c13-7-8-1-3-11-10(5-8)12-4-2-9(14)6-12/h1,3,5,9,13-14H,2,4,6-7H2. The van der Waals surface area contributed by atoms with Crippen molar-refractivity contribution in [3.05, 3.63) is 23.9 Å². The zero-order chi connectivity index (χ0) is 9.97. The highest BCUT2D eigenvalue weighted by atomic mass is 16.3. The Labute approximate surface area is 82.8 Å². The lowest BCUT2D eigenvalue weighted by atomic mass is 10.3. The molecule has 1 aliphatic heterocycles. The molecule has 0 saturated carbocycles. The summed E-state index contributed by atoms with van der Waals surface area (Å²) in [6.45, 7) is 1.51. The molecule has 2 rings (SSSR count). The highest BCUT2D eigenvalue weighted by molar-refractivity contribution is 5.42. The molecular weight excluding hydrogens is 180 g/mol. The Morgan fingerprint density at radius 3 is 3.07 bits per heavy atom. The van der Waals surface area contributed by atoms with Gasteiger partial charge in [-0.15, -0.1) is 0 Å². The zero-order valence-electron chi connectivity index (χ0n) is 7.93. The van der Waals surface area contributed by atoms with Gasteiger partial charge in [0.15, 0.2) is 0 Å². The number of aliphatic hydroxyl groups excluding tert-OH is 2. The SMILES string of the molecule is OCc1ccnc(N2CCC(O)C2)c1. The minimum Gasteiger partial charge on any atom is -0.392 e. The van der Waals surface area contributed by atoms with Crippen LogP contribution in [0.3, 0.4) is 0 Å². The number of hydrogen-bond donors (Lipinski definition) is 2. The van der Waals surface area contributed by atoms with Crippen molar-refractivity contribution in [1.82, 2.24) is 4.98 Å². The van der Waals surface area contributed by atoms with Gasteiger partial charge < -0.3 is 15.1 Å². The minimum atomic E-state index is -0.241. The van der Waals surface area contributed by atoms with Gasteiger partial charge in [-0.3, -0.25) is 0 Å². The van der Waals surface area contributed by atoms with E-state index in [-0.39, 0.29) is 12.7 Å². The van der Waals surface area contributed by atoms with E-state index >= 15 is 0 Å². The van der Waals surface area contributed by atoms with Gasteiger partial charge in [-0.2, -0.15) is 0 Å². The molecule has 0 aromatic carbocycles. The number of aromatic nitrogens is 1. The van der Waals surface area contributed by atoms with E-state index in [0.717, 1.165) is 24.3 Å². The molecule has 1 aromatic heterocycles. The van der Waals surface area contributed by atoms with E-state index in [0.29, 0.717) is 6.54 Å². The second-order valence-corrected chi connectivity index (χ2v) is 3.57. The summed E-state index contributed by atoms with van der Waals surface area (Å²) in [5, 5.41) is 18.3. The molecule has 2 heterocycles. The highest BCUT2D eigenvalue weighted by Crippen LogP contribution is 2.18. The van der Waals surface area contributed by atoms with E-state index in [1.807, 2.05) is 11.0 Å². The molecule has 1 aromatic rings. The van der Waals surface area contributed by atoms with Gasteiger partial charge in [-0.05, 0) is 24.1 Å². The Morgan fingerprint density at radius 1 is 1.57 bits per heavy atom. The fourth-order valence-electron chi connectivity index (χ4n) is 1.68. The van der Waals surface area contributed by atoms with Crippen molar-refractivity contribution in [2.45, 2.75) is 19.1 Å². The summed E-state index contributed by atoms with van der Waals surface area (Å²) in [6, 6.07) is 3.65. The molecule has 1 aliphatic rings. The van der Waals surface area contributed by atoms with Crippen molar-refractivity contribution in [2.75, 3.05) is 18.0 Å². The summed E-state index contributed by atoms with van der Waals surface area (Å²) in [4.78, 5) is 6.24. The number of β-amino-alcohol motifs (C(OH)–C–C–N with tert-alkyl or cyclic N) is 1. The Hall–Kier alpha value is -1.13. The Kier molecular flexibility index (Phi) is 2.65.